The van der Waals surface area contributed by atoms with Gasteiger partial charge >= 0.3 is 0 Å². The quantitative estimate of drug-likeness (QED) is 0.438. The van der Waals surface area contributed by atoms with Crippen LogP contribution in [0.1, 0.15) is 36.6 Å². The van der Waals surface area contributed by atoms with Gasteiger partial charge in [0.15, 0.2) is 5.82 Å². The Labute approximate surface area is 211 Å². The van der Waals surface area contributed by atoms with E-state index in [1.807, 2.05) is 12.1 Å². The van der Waals surface area contributed by atoms with E-state index in [1.54, 1.807) is 19.1 Å². The summed E-state index contributed by atoms with van der Waals surface area (Å²) in [5.41, 5.74) is 3.41. The molecule has 0 saturated carbocycles. The number of nitriles is 1. The molecule has 0 amide bonds. The molecule has 1 aliphatic heterocycles. The second-order valence-electron chi connectivity index (χ2n) is 8.79. The fraction of sp³-hybridized carbons (Fsp3) is 0.370. The highest BCUT2D eigenvalue weighted by Gasteiger charge is 2.18. The minimum absolute atomic E-state index is 0.177. The molecule has 4 rings (SSSR count). The van der Waals surface area contributed by atoms with E-state index in [2.05, 4.69) is 50.2 Å². The van der Waals surface area contributed by atoms with Crippen LogP contribution in [0.2, 0.25) is 5.02 Å². The SMILES string of the molecule is CCCCN1CCN(c2ccc(-c3nc(C)c(C#N)c(NCc4ccc(Cl)cc4F)n3)cc2)CC1. The summed E-state index contributed by atoms with van der Waals surface area (Å²) in [5, 5.41) is 13.1. The van der Waals surface area contributed by atoms with E-state index in [0.717, 1.165) is 31.7 Å². The van der Waals surface area contributed by atoms with Crippen molar-refractivity contribution in [3.63, 3.8) is 0 Å². The molecule has 1 aliphatic rings. The van der Waals surface area contributed by atoms with Crippen molar-refractivity contribution >= 4 is 23.1 Å². The Morgan fingerprint density at radius 1 is 1.09 bits per heavy atom. The summed E-state index contributed by atoms with van der Waals surface area (Å²) in [4.78, 5) is 14.1. The zero-order valence-electron chi connectivity index (χ0n) is 20.2. The third-order valence-corrected chi connectivity index (χ3v) is 6.59. The Hall–Kier alpha value is -3.21. The molecule has 3 aromatic rings. The van der Waals surface area contributed by atoms with Crippen LogP contribution in [0.5, 0.6) is 0 Å². The molecule has 1 saturated heterocycles. The molecule has 0 aliphatic carbocycles. The van der Waals surface area contributed by atoms with Gasteiger partial charge in [-0.3, -0.25) is 4.90 Å². The van der Waals surface area contributed by atoms with Crippen LogP contribution in [-0.4, -0.2) is 47.6 Å². The summed E-state index contributed by atoms with van der Waals surface area (Å²) in [6.07, 6.45) is 2.48. The summed E-state index contributed by atoms with van der Waals surface area (Å²) < 4.78 is 14.2. The summed E-state index contributed by atoms with van der Waals surface area (Å²) >= 11 is 5.85. The number of hydrogen-bond donors (Lipinski definition) is 1. The molecule has 6 nitrogen and oxygen atoms in total. The Morgan fingerprint density at radius 3 is 2.49 bits per heavy atom. The van der Waals surface area contributed by atoms with E-state index in [0.29, 0.717) is 33.5 Å². The molecule has 1 fully saturated rings. The minimum atomic E-state index is -0.406. The van der Waals surface area contributed by atoms with Crippen molar-refractivity contribution in [2.75, 3.05) is 42.9 Å². The second kappa shape index (κ2) is 11.5. The normalized spacial score (nSPS) is 14.1. The number of nitrogens with zero attached hydrogens (tertiary/aromatic N) is 5. The van der Waals surface area contributed by atoms with Crippen molar-refractivity contribution in [1.82, 2.24) is 14.9 Å². The minimum Gasteiger partial charge on any atom is -0.369 e. The van der Waals surface area contributed by atoms with Crippen LogP contribution in [0, 0.1) is 24.1 Å². The molecule has 0 bridgehead atoms. The van der Waals surface area contributed by atoms with Gasteiger partial charge in [0.05, 0.1) is 5.69 Å². The van der Waals surface area contributed by atoms with Gasteiger partial charge in [-0.25, -0.2) is 14.4 Å². The van der Waals surface area contributed by atoms with Crippen LogP contribution in [0.25, 0.3) is 11.4 Å². The number of nitrogens with one attached hydrogen (secondary N) is 1. The lowest BCUT2D eigenvalue weighted by Crippen LogP contribution is -2.46. The molecule has 0 spiro atoms. The van der Waals surface area contributed by atoms with Gasteiger partial charge in [-0.15, -0.1) is 0 Å². The van der Waals surface area contributed by atoms with Crippen molar-refractivity contribution in [2.45, 2.75) is 33.2 Å². The standard InChI is InChI=1S/C27H30ClFN6/c1-3-4-11-34-12-14-35(15-13-34)23-9-6-20(7-10-23)26-32-19(2)24(17-30)27(33-26)31-18-21-5-8-22(28)16-25(21)29/h5-10,16H,3-4,11-15,18H2,1-2H3,(H,31,32,33). The van der Waals surface area contributed by atoms with Crippen molar-refractivity contribution in [3.8, 4) is 17.5 Å². The van der Waals surface area contributed by atoms with Gasteiger partial charge in [-0.1, -0.05) is 31.0 Å². The largest absolute Gasteiger partial charge is 0.369 e. The third-order valence-electron chi connectivity index (χ3n) is 6.35. The lowest BCUT2D eigenvalue weighted by atomic mass is 10.1. The Morgan fingerprint density at radius 2 is 1.83 bits per heavy atom. The highest BCUT2D eigenvalue weighted by molar-refractivity contribution is 6.30. The van der Waals surface area contributed by atoms with Crippen LogP contribution >= 0.6 is 11.6 Å². The molecule has 1 aromatic heterocycles. The van der Waals surface area contributed by atoms with Crippen molar-refractivity contribution in [1.29, 1.82) is 5.26 Å². The molecular formula is C27H30ClFN6. The number of hydrogen-bond acceptors (Lipinski definition) is 6. The first-order valence-corrected chi connectivity index (χ1v) is 12.4. The lowest BCUT2D eigenvalue weighted by molar-refractivity contribution is 0.254. The van der Waals surface area contributed by atoms with Crippen LogP contribution in [0.4, 0.5) is 15.9 Å². The number of piperazine rings is 1. The predicted molar refractivity (Wildman–Crippen MR) is 139 cm³/mol. The topological polar surface area (TPSA) is 68.1 Å². The van der Waals surface area contributed by atoms with E-state index in [1.165, 1.54) is 31.1 Å². The van der Waals surface area contributed by atoms with E-state index in [9.17, 15) is 9.65 Å². The van der Waals surface area contributed by atoms with Gasteiger partial charge in [0.2, 0.25) is 0 Å². The fourth-order valence-corrected chi connectivity index (χ4v) is 4.40. The first-order valence-electron chi connectivity index (χ1n) is 12.0. The number of halogens is 2. The molecule has 8 heteroatoms. The van der Waals surface area contributed by atoms with E-state index < -0.39 is 5.82 Å². The van der Waals surface area contributed by atoms with E-state index >= 15 is 0 Å². The van der Waals surface area contributed by atoms with Crippen LogP contribution < -0.4 is 10.2 Å². The van der Waals surface area contributed by atoms with Gasteiger partial charge in [-0.05, 0) is 56.3 Å². The zero-order valence-corrected chi connectivity index (χ0v) is 20.9. The van der Waals surface area contributed by atoms with E-state index in [-0.39, 0.29) is 6.54 Å². The van der Waals surface area contributed by atoms with Gasteiger partial charge in [0.25, 0.3) is 0 Å². The molecular weight excluding hydrogens is 463 g/mol. The lowest BCUT2D eigenvalue weighted by Gasteiger charge is -2.36. The molecule has 0 unspecified atom stereocenters. The maximum atomic E-state index is 14.2. The second-order valence-corrected chi connectivity index (χ2v) is 9.22. The third kappa shape index (κ3) is 6.08. The first kappa shape index (κ1) is 24.9. The molecule has 0 radical (unpaired) electrons. The summed E-state index contributed by atoms with van der Waals surface area (Å²) in [5.74, 6) is 0.504. The molecule has 2 heterocycles. The number of aryl methyl sites for hydroxylation is 1. The summed E-state index contributed by atoms with van der Waals surface area (Å²) in [7, 11) is 0. The van der Waals surface area contributed by atoms with Gasteiger partial charge in [0, 0.05) is 54.6 Å². The Bertz CT molecular complexity index is 1200. The molecule has 2 aromatic carbocycles. The van der Waals surface area contributed by atoms with Crippen LogP contribution in [-0.2, 0) is 6.54 Å². The number of aromatic nitrogens is 2. The first-order chi connectivity index (χ1) is 17.0. The number of benzene rings is 2. The smallest absolute Gasteiger partial charge is 0.161 e. The van der Waals surface area contributed by atoms with Gasteiger partial charge < -0.3 is 10.2 Å². The van der Waals surface area contributed by atoms with Crippen molar-refractivity contribution in [2.24, 2.45) is 0 Å². The number of anilines is 2. The predicted octanol–water partition coefficient (Wildman–Crippen LogP) is 5.65. The zero-order chi connectivity index (χ0) is 24.8. The average Bonchev–Trinajstić information content (AvgIpc) is 2.87. The van der Waals surface area contributed by atoms with Crippen molar-refractivity contribution in [3.05, 3.63) is 70.1 Å². The molecule has 0 atom stereocenters. The highest BCUT2D eigenvalue weighted by Crippen LogP contribution is 2.26. The summed E-state index contributed by atoms with van der Waals surface area (Å²) in [6, 6.07) is 14.9. The van der Waals surface area contributed by atoms with Gasteiger partial charge in [0.1, 0.15) is 23.3 Å². The maximum absolute atomic E-state index is 14.2. The van der Waals surface area contributed by atoms with E-state index in [4.69, 9.17) is 11.6 Å². The summed E-state index contributed by atoms with van der Waals surface area (Å²) in [6.45, 7) is 9.58. The average molecular weight is 493 g/mol. The Kier molecular flexibility index (Phi) is 8.17. The maximum Gasteiger partial charge on any atom is 0.161 e. The number of rotatable bonds is 8. The Balaban J connectivity index is 1.49. The monoisotopic (exact) mass is 492 g/mol. The molecule has 1 N–H and O–H groups in total. The van der Waals surface area contributed by atoms with Crippen LogP contribution in [0.3, 0.4) is 0 Å². The highest BCUT2D eigenvalue weighted by atomic mass is 35.5. The molecule has 35 heavy (non-hydrogen) atoms. The van der Waals surface area contributed by atoms with Crippen molar-refractivity contribution < 1.29 is 4.39 Å². The van der Waals surface area contributed by atoms with Gasteiger partial charge in [-0.2, -0.15) is 5.26 Å². The number of unbranched alkanes of at least 4 members (excludes halogenated alkanes) is 1. The fourth-order valence-electron chi connectivity index (χ4n) is 4.24. The van der Waals surface area contributed by atoms with Crippen LogP contribution in [0.15, 0.2) is 42.5 Å². The molecule has 182 valence electrons.